The zero-order valence-electron chi connectivity index (χ0n) is 11.0. The molecule has 1 fully saturated rings. The Balaban J connectivity index is 2.29. The SMILES string of the molecule is CCC1CC1NS(=O)(=O)c1cc(C(N)=S)ccc1C. The Morgan fingerprint density at radius 2 is 2.21 bits per heavy atom. The van der Waals surface area contributed by atoms with E-state index in [1.807, 2.05) is 0 Å². The lowest BCUT2D eigenvalue weighted by Crippen LogP contribution is -2.28. The van der Waals surface area contributed by atoms with E-state index in [1.54, 1.807) is 25.1 Å². The van der Waals surface area contributed by atoms with Crippen LogP contribution in [0.25, 0.3) is 0 Å². The number of rotatable bonds is 5. The quantitative estimate of drug-likeness (QED) is 0.812. The molecule has 1 aliphatic carbocycles. The van der Waals surface area contributed by atoms with Gasteiger partial charge in [0, 0.05) is 11.6 Å². The normalized spacial score (nSPS) is 22.2. The lowest BCUT2D eigenvalue weighted by molar-refractivity contribution is 0.575. The number of aryl methyl sites for hydroxylation is 1. The van der Waals surface area contributed by atoms with Gasteiger partial charge in [0.1, 0.15) is 4.99 Å². The summed E-state index contributed by atoms with van der Waals surface area (Å²) in [4.78, 5) is 0.467. The van der Waals surface area contributed by atoms with Crippen LogP contribution in [0, 0.1) is 12.8 Å². The van der Waals surface area contributed by atoms with Crippen molar-refractivity contribution in [1.29, 1.82) is 0 Å². The van der Waals surface area contributed by atoms with Crippen molar-refractivity contribution in [3.8, 4) is 0 Å². The monoisotopic (exact) mass is 298 g/mol. The Bertz CT molecular complexity index is 611. The number of nitrogens with two attached hydrogens (primary N) is 1. The van der Waals surface area contributed by atoms with Crippen LogP contribution in [0.2, 0.25) is 0 Å². The summed E-state index contributed by atoms with van der Waals surface area (Å²) in [7, 11) is -3.49. The van der Waals surface area contributed by atoms with Gasteiger partial charge in [0.05, 0.1) is 4.90 Å². The van der Waals surface area contributed by atoms with Crippen LogP contribution >= 0.6 is 12.2 Å². The fourth-order valence-corrected chi connectivity index (χ4v) is 3.86. The molecule has 0 spiro atoms. The number of nitrogens with one attached hydrogen (secondary N) is 1. The third kappa shape index (κ3) is 3.13. The first kappa shape index (κ1) is 14.4. The molecular weight excluding hydrogens is 280 g/mol. The molecule has 0 aromatic heterocycles. The summed E-state index contributed by atoms with van der Waals surface area (Å²) in [5, 5.41) is 0. The first-order chi connectivity index (χ1) is 8.85. The van der Waals surface area contributed by atoms with Crippen molar-refractivity contribution in [3.05, 3.63) is 29.3 Å². The van der Waals surface area contributed by atoms with Crippen LogP contribution in [0.1, 0.15) is 30.9 Å². The molecule has 0 saturated heterocycles. The third-order valence-electron chi connectivity index (χ3n) is 3.52. The van der Waals surface area contributed by atoms with Gasteiger partial charge >= 0.3 is 0 Å². The molecule has 2 rings (SSSR count). The maximum atomic E-state index is 12.3. The molecule has 2 unspecified atom stereocenters. The van der Waals surface area contributed by atoms with E-state index in [9.17, 15) is 8.42 Å². The fourth-order valence-electron chi connectivity index (χ4n) is 2.15. The number of hydrogen-bond acceptors (Lipinski definition) is 3. The largest absolute Gasteiger partial charge is 0.389 e. The van der Waals surface area contributed by atoms with E-state index in [0.717, 1.165) is 12.8 Å². The van der Waals surface area contributed by atoms with Gasteiger partial charge in [-0.1, -0.05) is 37.7 Å². The second-order valence-corrected chi connectivity index (χ2v) is 7.10. The molecule has 1 aromatic rings. The summed E-state index contributed by atoms with van der Waals surface area (Å²) >= 11 is 4.89. The second-order valence-electron chi connectivity index (χ2n) is 4.98. The van der Waals surface area contributed by atoms with Crippen molar-refractivity contribution in [2.24, 2.45) is 11.7 Å². The van der Waals surface area contributed by atoms with E-state index in [1.165, 1.54) is 0 Å². The zero-order chi connectivity index (χ0) is 14.2. The molecule has 19 heavy (non-hydrogen) atoms. The topological polar surface area (TPSA) is 72.2 Å². The lowest BCUT2D eigenvalue weighted by atomic mass is 10.1. The van der Waals surface area contributed by atoms with E-state index in [2.05, 4.69) is 11.6 Å². The van der Waals surface area contributed by atoms with Crippen molar-refractivity contribution in [2.45, 2.75) is 37.6 Å². The summed E-state index contributed by atoms with van der Waals surface area (Å²) in [6, 6.07) is 5.09. The van der Waals surface area contributed by atoms with Gasteiger partial charge in [-0.05, 0) is 30.9 Å². The molecule has 0 bridgehead atoms. The van der Waals surface area contributed by atoms with Crippen molar-refractivity contribution in [3.63, 3.8) is 0 Å². The average Bonchev–Trinajstić information content (AvgIpc) is 3.06. The van der Waals surface area contributed by atoms with Gasteiger partial charge in [0.25, 0.3) is 0 Å². The summed E-state index contributed by atoms with van der Waals surface area (Å²) in [6.07, 6.45) is 1.92. The highest BCUT2D eigenvalue weighted by molar-refractivity contribution is 7.89. The highest BCUT2D eigenvalue weighted by Gasteiger charge is 2.38. The van der Waals surface area contributed by atoms with Gasteiger partial charge in [-0.25, -0.2) is 13.1 Å². The van der Waals surface area contributed by atoms with E-state index in [4.69, 9.17) is 18.0 Å². The Hall–Kier alpha value is -0.980. The van der Waals surface area contributed by atoms with Crippen molar-refractivity contribution in [2.75, 3.05) is 0 Å². The van der Waals surface area contributed by atoms with E-state index < -0.39 is 10.0 Å². The highest BCUT2D eigenvalue weighted by atomic mass is 32.2. The predicted octanol–water partition coefficient (Wildman–Crippen LogP) is 1.71. The molecule has 0 radical (unpaired) electrons. The fraction of sp³-hybridized carbons (Fsp3) is 0.462. The van der Waals surface area contributed by atoms with E-state index in [-0.39, 0.29) is 15.9 Å². The van der Waals surface area contributed by atoms with Gasteiger partial charge in [0.2, 0.25) is 10.0 Å². The Kier molecular flexibility index (Phi) is 3.94. The number of thiocarbonyl (C=S) groups is 1. The summed E-state index contributed by atoms with van der Waals surface area (Å²) in [6.45, 7) is 3.83. The smallest absolute Gasteiger partial charge is 0.241 e. The number of benzene rings is 1. The summed E-state index contributed by atoms with van der Waals surface area (Å²) < 4.78 is 27.4. The van der Waals surface area contributed by atoms with Crippen LogP contribution in [-0.4, -0.2) is 19.4 Å². The molecule has 0 amide bonds. The van der Waals surface area contributed by atoms with Crippen molar-refractivity contribution >= 4 is 27.2 Å². The van der Waals surface area contributed by atoms with Crippen molar-refractivity contribution < 1.29 is 8.42 Å². The van der Waals surface area contributed by atoms with Gasteiger partial charge in [0.15, 0.2) is 0 Å². The Labute approximate surface area is 119 Å². The molecule has 0 heterocycles. The predicted molar refractivity (Wildman–Crippen MR) is 79.6 cm³/mol. The van der Waals surface area contributed by atoms with Crippen LogP contribution in [0.5, 0.6) is 0 Å². The maximum Gasteiger partial charge on any atom is 0.241 e. The van der Waals surface area contributed by atoms with Crippen LogP contribution in [0.4, 0.5) is 0 Å². The second kappa shape index (κ2) is 5.19. The number of sulfonamides is 1. The maximum absolute atomic E-state index is 12.3. The molecule has 6 heteroatoms. The molecule has 4 nitrogen and oxygen atoms in total. The molecule has 1 aliphatic rings. The first-order valence-electron chi connectivity index (χ1n) is 6.28. The molecule has 3 N–H and O–H groups in total. The molecule has 104 valence electrons. The van der Waals surface area contributed by atoms with Crippen LogP contribution < -0.4 is 10.5 Å². The van der Waals surface area contributed by atoms with E-state index >= 15 is 0 Å². The average molecular weight is 298 g/mol. The molecular formula is C13H18N2O2S2. The van der Waals surface area contributed by atoms with Crippen molar-refractivity contribution in [1.82, 2.24) is 4.72 Å². The molecule has 1 saturated carbocycles. The minimum atomic E-state index is -3.49. The zero-order valence-corrected chi connectivity index (χ0v) is 12.6. The van der Waals surface area contributed by atoms with Crippen LogP contribution in [-0.2, 0) is 10.0 Å². The summed E-state index contributed by atoms with van der Waals surface area (Å²) in [5.74, 6) is 0.467. The van der Waals surface area contributed by atoms with E-state index in [0.29, 0.717) is 17.0 Å². The molecule has 0 aliphatic heterocycles. The minimum absolute atomic E-state index is 0.0721. The van der Waals surface area contributed by atoms with Gasteiger partial charge < -0.3 is 5.73 Å². The molecule has 2 atom stereocenters. The van der Waals surface area contributed by atoms with Crippen LogP contribution in [0.15, 0.2) is 23.1 Å². The van der Waals surface area contributed by atoms with Crippen LogP contribution in [0.3, 0.4) is 0 Å². The van der Waals surface area contributed by atoms with Gasteiger partial charge in [-0.3, -0.25) is 0 Å². The lowest BCUT2D eigenvalue weighted by Gasteiger charge is -2.10. The summed E-state index contributed by atoms with van der Waals surface area (Å²) in [5.41, 5.74) is 6.82. The third-order valence-corrected chi connectivity index (χ3v) is 5.38. The highest BCUT2D eigenvalue weighted by Crippen LogP contribution is 2.34. The number of hydrogen-bond donors (Lipinski definition) is 2. The minimum Gasteiger partial charge on any atom is -0.389 e. The standard InChI is InChI=1S/C13H18N2O2S2/c1-3-9-6-11(9)15-19(16,17)12-7-10(13(14)18)5-4-8(12)2/h4-5,7,9,11,15H,3,6H2,1-2H3,(H2,14,18). The Morgan fingerprint density at radius 1 is 1.53 bits per heavy atom. The van der Waals surface area contributed by atoms with Gasteiger partial charge in [-0.15, -0.1) is 0 Å². The molecule has 1 aromatic carbocycles. The first-order valence-corrected chi connectivity index (χ1v) is 8.17. The van der Waals surface area contributed by atoms with Gasteiger partial charge in [-0.2, -0.15) is 0 Å². The Morgan fingerprint density at radius 3 is 2.74 bits per heavy atom.